The number of unbranched alkanes of at least 4 members (excludes halogenated alkanes) is 1. The van der Waals surface area contributed by atoms with Gasteiger partial charge in [-0.2, -0.15) is 0 Å². The minimum Gasteiger partial charge on any atom is -0.494 e. The summed E-state index contributed by atoms with van der Waals surface area (Å²) < 4.78 is 10.3. The van der Waals surface area contributed by atoms with E-state index in [1.54, 1.807) is 54.6 Å². The number of hydrogen-bond acceptors (Lipinski definition) is 5. The summed E-state index contributed by atoms with van der Waals surface area (Å²) in [5.41, 5.74) is 2.03. The van der Waals surface area contributed by atoms with Crippen molar-refractivity contribution in [3.05, 3.63) is 101 Å². The average Bonchev–Trinajstić information content (AvgIpc) is 2.89. The monoisotopic (exact) mass is 472 g/mol. The van der Waals surface area contributed by atoms with Gasteiger partial charge in [0.05, 0.1) is 19.3 Å². The van der Waals surface area contributed by atoms with Crippen molar-refractivity contribution in [1.82, 2.24) is 5.32 Å². The van der Waals surface area contributed by atoms with Crippen molar-refractivity contribution in [3.8, 4) is 5.75 Å². The maximum atomic E-state index is 13.1. The Morgan fingerprint density at radius 3 is 2.14 bits per heavy atom. The van der Waals surface area contributed by atoms with E-state index in [0.717, 1.165) is 18.4 Å². The number of nitrogens with one attached hydrogen (secondary N) is 2. The zero-order chi connectivity index (χ0) is 25.0. The molecule has 0 heterocycles. The molecule has 3 rings (SSSR count). The van der Waals surface area contributed by atoms with Crippen molar-refractivity contribution in [2.45, 2.75) is 19.8 Å². The largest absolute Gasteiger partial charge is 0.494 e. The Morgan fingerprint density at radius 1 is 0.857 bits per heavy atom. The van der Waals surface area contributed by atoms with E-state index in [1.807, 2.05) is 30.3 Å². The fraction of sp³-hybridized carbons (Fsp3) is 0.179. The first-order valence-corrected chi connectivity index (χ1v) is 11.3. The molecule has 180 valence electrons. The second-order valence-corrected chi connectivity index (χ2v) is 7.67. The summed E-state index contributed by atoms with van der Waals surface area (Å²) in [7, 11) is 1.30. The van der Waals surface area contributed by atoms with Crippen LogP contribution < -0.4 is 15.4 Å². The van der Waals surface area contributed by atoms with Gasteiger partial charge in [-0.05, 0) is 66.6 Å². The van der Waals surface area contributed by atoms with E-state index in [2.05, 4.69) is 22.3 Å². The van der Waals surface area contributed by atoms with E-state index in [0.29, 0.717) is 29.2 Å². The zero-order valence-electron chi connectivity index (χ0n) is 19.7. The summed E-state index contributed by atoms with van der Waals surface area (Å²) in [6.07, 6.45) is 3.59. The lowest BCUT2D eigenvalue weighted by Crippen LogP contribution is -2.30. The second kappa shape index (κ2) is 12.7. The summed E-state index contributed by atoms with van der Waals surface area (Å²) in [6, 6.07) is 22.2. The molecule has 0 atom stereocenters. The Hall–Kier alpha value is -4.39. The van der Waals surface area contributed by atoms with Gasteiger partial charge in [-0.25, -0.2) is 4.79 Å². The maximum absolute atomic E-state index is 13.1. The van der Waals surface area contributed by atoms with E-state index >= 15 is 0 Å². The van der Waals surface area contributed by atoms with Crippen LogP contribution in [-0.2, 0) is 9.53 Å². The standard InChI is InChI=1S/C28H28N2O5/c1-3-4-18-35-24-16-12-21(13-17-24)26(31)30-25(19-20-8-6-5-7-9-20)27(32)29-23-14-10-22(11-15-23)28(33)34-2/h5-17,19H,3-4,18H2,1-2H3,(H,29,32)(H,30,31)/b25-19+. The third-order valence-corrected chi connectivity index (χ3v) is 5.05. The molecule has 0 saturated heterocycles. The van der Waals surface area contributed by atoms with Crippen LogP contribution in [0.5, 0.6) is 5.75 Å². The number of ether oxygens (including phenoxy) is 2. The number of anilines is 1. The smallest absolute Gasteiger partial charge is 0.337 e. The van der Waals surface area contributed by atoms with Crippen LogP contribution in [0.3, 0.4) is 0 Å². The Balaban J connectivity index is 1.76. The van der Waals surface area contributed by atoms with Crippen molar-refractivity contribution in [2.24, 2.45) is 0 Å². The quantitative estimate of drug-likeness (QED) is 0.244. The number of benzene rings is 3. The highest BCUT2D eigenvalue weighted by atomic mass is 16.5. The van der Waals surface area contributed by atoms with Gasteiger partial charge in [0.25, 0.3) is 11.8 Å². The van der Waals surface area contributed by atoms with Crippen LogP contribution in [0.15, 0.2) is 84.6 Å². The highest BCUT2D eigenvalue weighted by Crippen LogP contribution is 2.15. The minimum atomic E-state index is -0.507. The third kappa shape index (κ3) is 7.57. The highest BCUT2D eigenvalue weighted by Gasteiger charge is 2.16. The lowest BCUT2D eigenvalue weighted by Gasteiger charge is -2.12. The summed E-state index contributed by atoms with van der Waals surface area (Å²) in [5.74, 6) is -0.721. The van der Waals surface area contributed by atoms with Crippen LogP contribution in [0.1, 0.15) is 46.0 Å². The lowest BCUT2D eigenvalue weighted by molar-refractivity contribution is -0.113. The van der Waals surface area contributed by atoms with Crippen molar-refractivity contribution >= 4 is 29.5 Å². The van der Waals surface area contributed by atoms with E-state index in [4.69, 9.17) is 4.74 Å². The molecule has 0 bridgehead atoms. The molecule has 0 aromatic heterocycles. The van der Waals surface area contributed by atoms with Gasteiger partial charge < -0.3 is 20.1 Å². The molecule has 0 radical (unpaired) electrons. The highest BCUT2D eigenvalue weighted by molar-refractivity contribution is 6.10. The van der Waals surface area contributed by atoms with E-state index in [9.17, 15) is 14.4 Å². The lowest BCUT2D eigenvalue weighted by atomic mass is 10.1. The number of methoxy groups -OCH3 is 1. The van der Waals surface area contributed by atoms with Gasteiger partial charge in [0.1, 0.15) is 11.4 Å². The average molecular weight is 473 g/mol. The van der Waals surface area contributed by atoms with Crippen molar-refractivity contribution in [2.75, 3.05) is 19.0 Å². The van der Waals surface area contributed by atoms with Gasteiger partial charge >= 0.3 is 5.97 Å². The molecular formula is C28H28N2O5. The Labute approximate surface area is 204 Å². The van der Waals surface area contributed by atoms with Crippen LogP contribution in [0.4, 0.5) is 5.69 Å². The number of rotatable bonds is 10. The first kappa shape index (κ1) is 25.2. The summed E-state index contributed by atoms with van der Waals surface area (Å²) in [5, 5.41) is 5.45. The van der Waals surface area contributed by atoms with Gasteiger partial charge in [-0.3, -0.25) is 9.59 Å². The molecule has 0 aliphatic rings. The first-order chi connectivity index (χ1) is 17.0. The van der Waals surface area contributed by atoms with Gasteiger partial charge in [0.2, 0.25) is 0 Å². The second-order valence-electron chi connectivity index (χ2n) is 7.67. The van der Waals surface area contributed by atoms with Gasteiger partial charge in [0, 0.05) is 11.3 Å². The molecule has 3 aromatic rings. The molecule has 2 amide bonds. The molecule has 7 nitrogen and oxygen atoms in total. The molecule has 0 spiro atoms. The predicted octanol–water partition coefficient (Wildman–Crippen LogP) is 5.06. The minimum absolute atomic E-state index is 0.0708. The molecule has 0 unspecified atom stereocenters. The molecule has 35 heavy (non-hydrogen) atoms. The predicted molar refractivity (Wildman–Crippen MR) is 135 cm³/mol. The first-order valence-electron chi connectivity index (χ1n) is 11.3. The third-order valence-electron chi connectivity index (χ3n) is 5.05. The molecular weight excluding hydrogens is 444 g/mol. The van der Waals surface area contributed by atoms with Crippen molar-refractivity contribution in [1.29, 1.82) is 0 Å². The SMILES string of the molecule is CCCCOc1ccc(C(=O)N/C(=C/c2ccccc2)C(=O)Nc2ccc(C(=O)OC)cc2)cc1. The Kier molecular flexibility index (Phi) is 9.19. The van der Waals surface area contributed by atoms with Crippen LogP contribution in [0, 0.1) is 0 Å². The maximum Gasteiger partial charge on any atom is 0.337 e. The fourth-order valence-electron chi connectivity index (χ4n) is 3.11. The molecule has 7 heteroatoms. The Morgan fingerprint density at radius 2 is 1.51 bits per heavy atom. The fourth-order valence-corrected chi connectivity index (χ4v) is 3.11. The van der Waals surface area contributed by atoms with E-state index < -0.39 is 17.8 Å². The normalized spacial score (nSPS) is 10.9. The molecule has 0 saturated carbocycles. The van der Waals surface area contributed by atoms with Crippen LogP contribution in [0.2, 0.25) is 0 Å². The topological polar surface area (TPSA) is 93.7 Å². The van der Waals surface area contributed by atoms with E-state index in [-0.39, 0.29) is 5.70 Å². The number of esters is 1. The molecule has 0 aliphatic carbocycles. The zero-order valence-corrected chi connectivity index (χ0v) is 19.7. The van der Waals surface area contributed by atoms with Crippen LogP contribution >= 0.6 is 0 Å². The van der Waals surface area contributed by atoms with Crippen LogP contribution in [-0.4, -0.2) is 31.5 Å². The number of amides is 2. The molecule has 3 aromatic carbocycles. The molecule has 0 aliphatic heterocycles. The molecule has 0 fully saturated rings. The summed E-state index contributed by atoms with van der Waals surface area (Å²) >= 11 is 0. The number of hydrogen-bond donors (Lipinski definition) is 2. The number of carbonyl (C=O) groups excluding carboxylic acids is 3. The van der Waals surface area contributed by atoms with Crippen molar-refractivity contribution in [3.63, 3.8) is 0 Å². The molecule has 2 N–H and O–H groups in total. The van der Waals surface area contributed by atoms with Crippen LogP contribution in [0.25, 0.3) is 6.08 Å². The summed E-state index contributed by atoms with van der Waals surface area (Å²) in [6.45, 7) is 2.71. The summed E-state index contributed by atoms with van der Waals surface area (Å²) in [4.78, 5) is 37.6. The van der Waals surface area contributed by atoms with Gasteiger partial charge in [-0.15, -0.1) is 0 Å². The Bertz CT molecular complexity index is 1170. The number of carbonyl (C=O) groups is 3. The van der Waals surface area contributed by atoms with Gasteiger partial charge in [0.15, 0.2) is 0 Å². The van der Waals surface area contributed by atoms with Gasteiger partial charge in [-0.1, -0.05) is 43.7 Å². The van der Waals surface area contributed by atoms with E-state index in [1.165, 1.54) is 7.11 Å². The van der Waals surface area contributed by atoms with Crippen molar-refractivity contribution < 1.29 is 23.9 Å².